The van der Waals surface area contributed by atoms with Crippen molar-refractivity contribution in [3.05, 3.63) is 92.0 Å². The number of halogens is 2. The number of amides is 1. The zero-order valence-electron chi connectivity index (χ0n) is 29.7. The fourth-order valence-electron chi connectivity index (χ4n) is 6.99. The van der Waals surface area contributed by atoms with Crippen molar-refractivity contribution in [3.63, 3.8) is 0 Å². The predicted octanol–water partition coefficient (Wildman–Crippen LogP) is 8.49. The van der Waals surface area contributed by atoms with Crippen molar-refractivity contribution in [1.29, 1.82) is 0 Å². The molecule has 0 spiro atoms. The van der Waals surface area contributed by atoms with E-state index in [0.29, 0.717) is 63.4 Å². The number of fused-ring (bicyclic) bond motifs is 1. The first-order valence-corrected chi connectivity index (χ1v) is 19.0. The van der Waals surface area contributed by atoms with E-state index in [1.807, 2.05) is 25.1 Å². The molecule has 0 unspecified atom stereocenters. The molecule has 4 aromatic rings. The highest BCUT2D eigenvalue weighted by molar-refractivity contribution is 9.10. The Morgan fingerprint density at radius 3 is 2.45 bits per heavy atom. The first-order chi connectivity index (χ1) is 24.6. The van der Waals surface area contributed by atoms with E-state index in [0.717, 1.165) is 41.4 Å². The molecule has 0 saturated heterocycles. The van der Waals surface area contributed by atoms with E-state index in [9.17, 15) is 14.4 Å². The van der Waals surface area contributed by atoms with Crippen LogP contribution in [0.2, 0.25) is 5.02 Å². The van der Waals surface area contributed by atoms with E-state index in [-0.39, 0.29) is 30.8 Å². The second kappa shape index (κ2) is 18.1. The van der Waals surface area contributed by atoms with Crippen LogP contribution in [-0.2, 0) is 22.5 Å². The highest BCUT2D eigenvalue weighted by Gasteiger charge is 2.24. The number of carbonyl (C=O) groups is 3. The molecule has 11 heteroatoms. The lowest BCUT2D eigenvalue weighted by Crippen LogP contribution is -2.36. The largest absolute Gasteiger partial charge is 0.497 e. The number of nitrogens with zero attached hydrogens (tertiary/aromatic N) is 2. The molecule has 3 aromatic carbocycles. The second-order valence-corrected chi connectivity index (χ2v) is 14.5. The molecule has 1 amide bonds. The summed E-state index contributed by atoms with van der Waals surface area (Å²) in [5.41, 5.74) is 11.2. The average Bonchev–Trinajstić information content (AvgIpc) is 3.41. The van der Waals surface area contributed by atoms with E-state index in [4.69, 9.17) is 26.8 Å². The van der Waals surface area contributed by atoms with Gasteiger partial charge in [0.25, 0.3) is 11.8 Å². The first kappa shape index (κ1) is 38.4. The van der Waals surface area contributed by atoms with Crippen LogP contribution in [0.15, 0.2) is 59.1 Å². The lowest BCUT2D eigenvalue weighted by atomic mass is 9.93. The van der Waals surface area contributed by atoms with Gasteiger partial charge in [-0.1, -0.05) is 37.8 Å². The maximum absolute atomic E-state index is 13.6. The number of aromatic nitrogens is 1. The SMILES string of the molecule is CCN(Cc1cc(C(=O)NCCCCCOC(=O)Cc2c(C)n(C(=O)c3ccc(Cl)cc3)c3ccc(OC)cc23)cc(Br)c1N)C1CCCCC1. The Morgan fingerprint density at radius 2 is 1.75 bits per heavy atom. The van der Waals surface area contributed by atoms with Crippen LogP contribution in [0, 0.1) is 6.92 Å². The Hall–Kier alpha value is -3.86. The number of nitrogens with two attached hydrogens (primary N) is 1. The Kier molecular flexibility index (Phi) is 13.6. The van der Waals surface area contributed by atoms with Crippen LogP contribution in [0.4, 0.5) is 5.69 Å². The summed E-state index contributed by atoms with van der Waals surface area (Å²) in [4.78, 5) is 42.1. The molecular weight excluding hydrogens is 732 g/mol. The number of esters is 1. The van der Waals surface area contributed by atoms with Gasteiger partial charge in [0.15, 0.2) is 0 Å². The van der Waals surface area contributed by atoms with Crippen LogP contribution in [0.5, 0.6) is 5.75 Å². The zero-order valence-corrected chi connectivity index (χ0v) is 32.1. The van der Waals surface area contributed by atoms with Gasteiger partial charge in [-0.05, 0) is 127 Å². The van der Waals surface area contributed by atoms with Crippen molar-refractivity contribution in [2.45, 2.75) is 84.2 Å². The molecule has 272 valence electrons. The Balaban J connectivity index is 1.11. The molecule has 51 heavy (non-hydrogen) atoms. The number of anilines is 1. The summed E-state index contributed by atoms with van der Waals surface area (Å²) in [5, 5.41) is 4.33. The molecule has 9 nitrogen and oxygen atoms in total. The third-order valence-corrected chi connectivity index (χ3v) is 10.8. The fraction of sp³-hybridized carbons (Fsp3) is 0.425. The maximum atomic E-state index is 13.6. The first-order valence-electron chi connectivity index (χ1n) is 17.8. The van der Waals surface area contributed by atoms with Crippen LogP contribution in [-0.4, -0.2) is 60.1 Å². The van der Waals surface area contributed by atoms with E-state index < -0.39 is 0 Å². The lowest BCUT2D eigenvalue weighted by molar-refractivity contribution is -0.142. The quantitative estimate of drug-likeness (QED) is 0.0707. The Labute approximate surface area is 313 Å². The van der Waals surface area contributed by atoms with Crippen LogP contribution in [0.25, 0.3) is 10.9 Å². The highest BCUT2D eigenvalue weighted by Crippen LogP contribution is 2.32. The minimum absolute atomic E-state index is 0.0161. The lowest BCUT2D eigenvalue weighted by Gasteiger charge is -2.34. The summed E-state index contributed by atoms with van der Waals surface area (Å²) >= 11 is 9.61. The third kappa shape index (κ3) is 9.53. The molecule has 0 bridgehead atoms. The smallest absolute Gasteiger partial charge is 0.310 e. The topological polar surface area (TPSA) is 116 Å². The molecule has 1 aromatic heterocycles. The molecule has 1 heterocycles. The van der Waals surface area contributed by atoms with E-state index in [1.54, 1.807) is 48.1 Å². The average molecular weight is 780 g/mol. The number of benzene rings is 3. The number of carbonyl (C=O) groups excluding carboxylic acids is 3. The molecule has 1 aliphatic carbocycles. The van der Waals surface area contributed by atoms with Gasteiger partial charge in [0.1, 0.15) is 5.75 Å². The van der Waals surface area contributed by atoms with Gasteiger partial charge in [-0.3, -0.25) is 23.9 Å². The Bertz CT molecular complexity index is 1850. The molecule has 1 saturated carbocycles. The van der Waals surface area contributed by atoms with E-state index in [2.05, 4.69) is 33.1 Å². The molecular formula is C40H48BrClN4O5. The van der Waals surface area contributed by atoms with Gasteiger partial charge in [-0.25, -0.2) is 0 Å². The number of nitrogens with one attached hydrogen (secondary N) is 1. The van der Waals surface area contributed by atoms with Crippen molar-refractivity contribution in [2.24, 2.45) is 0 Å². The van der Waals surface area contributed by atoms with Crippen LogP contribution in [0.3, 0.4) is 0 Å². The van der Waals surface area contributed by atoms with Gasteiger partial charge in [-0.2, -0.15) is 0 Å². The summed E-state index contributed by atoms with van der Waals surface area (Å²) in [6.07, 6.45) is 8.47. The van der Waals surface area contributed by atoms with Crippen LogP contribution < -0.4 is 15.8 Å². The van der Waals surface area contributed by atoms with Gasteiger partial charge in [0, 0.05) is 50.8 Å². The summed E-state index contributed by atoms with van der Waals surface area (Å²) < 4.78 is 13.4. The zero-order chi connectivity index (χ0) is 36.5. The van der Waals surface area contributed by atoms with Crippen molar-refractivity contribution in [2.75, 3.05) is 32.5 Å². The normalized spacial score (nSPS) is 13.5. The minimum Gasteiger partial charge on any atom is -0.497 e. The number of unbranched alkanes of at least 4 members (excludes halogenated alkanes) is 2. The van der Waals surface area contributed by atoms with Crippen LogP contribution in [0.1, 0.15) is 95.8 Å². The highest BCUT2D eigenvalue weighted by atomic mass is 79.9. The molecule has 3 N–H and O–H groups in total. The molecule has 0 radical (unpaired) electrons. The van der Waals surface area contributed by atoms with Crippen molar-refractivity contribution >= 4 is 61.9 Å². The number of rotatable bonds is 15. The van der Waals surface area contributed by atoms with Gasteiger partial charge in [0.05, 0.1) is 31.3 Å². The van der Waals surface area contributed by atoms with Gasteiger partial charge >= 0.3 is 5.97 Å². The summed E-state index contributed by atoms with van der Waals surface area (Å²) in [6, 6.07) is 16.5. The summed E-state index contributed by atoms with van der Waals surface area (Å²) in [5.74, 6) is -0.0947. The maximum Gasteiger partial charge on any atom is 0.310 e. The molecule has 1 aliphatic rings. The van der Waals surface area contributed by atoms with Gasteiger partial charge < -0.3 is 20.5 Å². The predicted molar refractivity (Wildman–Crippen MR) is 207 cm³/mol. The number of hydrogen-bond donors (Lipinski definition) is 2. The standard InChI is InChI=1S/C40H48BrClN4O5/c1-4-45(31-11-7-5-8-12-31)25-29-21-28(22-35(41)38(29)43)39(48)44-19-9-6-10-20-51-37(47)24-33-26(2)46(36-18-17-32(50-3)23-34(33)36)40(49)27-13-15-30(42)16-14-27/h13-18,21-23,31H,4-12,19-20,24-25,43H2,1-3H3,(H,44,48). The minimum atomic E-state index is -0.373. The molecule has 0 atom stereocenters. The number of methoxy groups -OCH3 is 1. The fourth-order valence-corrected chi connectivity index (χ4v) is 7.61. The molecule has 1 fully saturated rings. The third-order valence-electron chi connectivity index (χ3n) is 9.88. The molecule has 0 aliphatic heterocycles. The van der Waals surface area contributed by atoms with Gasteiger partial charge in [0.2, 0.25) is 0 Å². The van der Waals surface area contributed by atoms with E-state index in [1.165, 1.54) is 32.1 Å². The Morgan fingerprint density at radius 1 is 1.00 bits per heavy atom. The number of ether oxygens (including phenoxy) is 2. The second-order valence-electron chi connectivity index (χ2n) is 13.2. The van der Waals surface area contributed by atoms with Crippen molar-refractivity contribution in [3.8, 4) is 5.75 Å². The monoisotopic (exact) mass is 778 g/mol. The summed E-state index contributed by atoms with van der Waals surface area (Å²) in [7, 11) is 1.58. The number of hydrogen-bond acceptors (Lipinski definition) is 7. The van der Waals surface area contributed by atoms with Crippen molar-refractivity contribution in [1.82, 2.24) is 14.8 Å². The summed E-state index contributed by atoms with van der Waals surface area (Å²) in [6.45, 7) is 6.46. The van der Waals surface area contributed by atoms with E-state index >= 15 is 0 Å². The van der Waals surface area contributed by atoms with Crippen LogP contribution >= 0.6 is 27.5 Å². The molecule has 5 rings (SSSR count). The van der Waals surface area contributed by atoms with Crippen molar-refractivity contribution < 1.29 is 23.9 Å². The van der Waals surface area contributed by atoms with Gasteiger partial charge in [-0.15, -0.1) is 0 Å². The number of nitrogen functional groups attached to an aromatic ring is 1.